The van der Waals surface area contributed by atoms with Crippen LogP contribution in [0.25, 0.3) is 0 Å². The molecule has 0 bridgehead atoms. The predicted molar refractivity (Wildman–Crippen MR) is 144 cm³/mol. The van der Waals surface area contributed by atoms with Gasteiger partial charge in [-0.05, 0) is 25.7 Å². The first-order chi connectivity index (χ1) is 17.1. The van der Waals surface area contributed by atoms with Crippen molar-refractivity contribution in [3.8, 4) is 0 Å². The third kappa shape index (κ3) is 19.3. The SMILES string of the molecule is CCCCCCCCCCCCCCCC(OCCCC)C(OCCCC)(OCCCC)C(=O)[O-].[Zr+]. The molecule has 6 heteroatoms. The summed E-state index contributed by atoms with van der Waals surface area (Å²) in [6.45, 7) is 9.68. The van der Waals surface area contributed by atoms with Gasteiger partial charge in [-0.2, -0.15) is 0 Å². The van der Waals surface area contributed by atoms with Crippen molar-refractivity contribution in [3.63, 3.8) is 0 Å². The first-order valence-corrected chi connectivity index (χ1v) is 15.2. The fourth-order valence-electron chi connectivity index (χ4n) is 4.31. The third-order valence-electron chi connectivity index (χ3n) is 6.72. The number of carbonyl (C=O) groups is 1. The Bertz CT molecular complexity index is 451. The van der Waals surface area contributed by atoms with E-state index in [1.165, 1.54) is 70.6 Å². The Labute approximate surface area is 243 Å². The largest absolute Gasteiger partial charge is 1.00 e. The van der Waals surface area contributed by atoms with Gasteiger partial charge in [0.15, 0.2) is 0 Å². The minimum absolute atomic E-state index is 0. The van der Waals surface area contributed by atoms with Gasteiger partial charge in [-0.1, -0.05) is 130 Å². The molecule has 0 aliphatic heterocycles. The van der Waals surface area contributed by atoms with Gasteiger partial charge >= 0.3 is 26.2 Å². The van der Waals surface area contributed by atoms with Crippen molar-refractivity contribution in [2.45, 2.75) is 168 Å². The van der Waals surface area contributed by atoms with Gasteiger partial charge in [0.25, 0.3) is 0 Å². The fourth-order valence-corrected chi connectivity index (χ4v) is 4.31. The molecule has 36 heavy (non-hydrogen) atoms. The Morgan fingerprint density at radius 2 is 0.944 bits per heavy atom. The van der Waals surface area contributed by atoms with Crippen LogP contribution in [0.2, 0.25) is 0 Å². The Hall–Kier alpha value is 0.233. The molecule has 0 saturated carbocycles. The van der Waals surface area contributed by atoms with Gasteiger partial charge in [-0.15, -0.1) is 0 Å². The smallest absolute Gasteiger partial charge is 0.544 e. The van der Waals surface area contributed by atoms with Crippen molar-refractivity contribution in [3.05, 3.63) is 0 Å². The maximum atomic E-state index is 12.4. The molecule has 0 amide bonds. The first-order valence-electron chi connectivity index (χ1n) is 15.2. The topological polar surface area (TPSA) is 67.8 Å². The monoisotopic (exact) mass is 589 g/mol. The van der Waals surface area contributed by atoms with Crippen LogP contribution in [0.15, 0.2) is 0 Å². The zero-order valence-corrected chi connectivity index (χ0v) is 26.8. The Morgan fingerprint density at radius 3 is 1.33 bits per heavy atom. The number of aliphatic carboxylic acids is 1. The van der Waals surface area contributed by atoms with Crippen LogP contribution < -0.4 is 5.11 Å². The molecule has 0 aromatic rings. The number of hydrogen-bond donors (Lipinski definition) is 0. The van der Waals surface area contributed by atoms with Gasteiger partial charge in [-0.3, -0.25) is 0 Å². The molecule has 0 spiro atoms. The molecule has 0 fully saturated rings. The molecule has 0 aliphatic rings. The van der Waals surface area contributed by atoms with Crippen LogP contribution in [-0.4, -0.2) is 37.7 Å². The van der Waals surface area contributed by atoms with E-state index in [2.05, 4.69) is 27.7 Å². The number of carbonyl (C=O) groups excluding carboxylic acids is 1. The summed E-state index contributed by atoms with van der Waals surface area (Å²) in [5.41, 5.74) is 0. The van der Waals surface area contributed by atoms with Crippen molar-refractivity contribution in [2.24, 2.45) is 0 Å². The van der Waals surface area contributed by atoms with Crippen molar-refractivity contribution >= 4 is 5.97 Å². The molecular weight excluding hydrogens is 532 g/mol. The van der Waals surface area contributed by atoms with Crippen LogP contribution in [-0.2, 0) is 45.2 Å². The van der Waals surface area contributed by atoms with Crippen molar-refractivity contribution in [2.75, 3.05) is 19.8 Å². The average Bonchev–Trinajstić information content (AvgIpc) is 2.85. The summed E-state index contributed by atoms with van der Waals surface area (Å²) in [7, 11) is 0. The second kappa shape index (κ2) is 28.2. The molecule has 0 saturated heterocycles. The number of rotatable bonds is 28. The third-order valence-corrected chi connectivity index (χ3v) is 6.72. The summed E-state index contributed by atoms with van der Waals surface area (Å²) < 4.78 is 18.0. The molecule has 0 aliphatic carbocycles. The molecule has 0 aromatic heterocycles. The van der Waals surface area contributed by atoms with E-state index in [1.54, 1.807) is 0 Å². The van der Waals surface area contributed by atoms with Gasteiger partial charge in [0, 0.05) is 6.61 Å². The predicted octanol–water partition coefficient (Wildman–Crippen LogP) is 7.73. The molecule has 5 nitrogen and oxygen atoms in total. The second-order valence-electron chi connectivity index (χ2n) is 10.1. The normalized spacial score (nSPS) is 12.4. The number of unbranched alkanes of at least 4 members (excludes halogenated alkanes) is 15. The number of carboxylic acid groups (broad SMARTS) is 1. The van der Waals surface area contributed by atoms with E-state index in [9.17, 15) is 9.90 Å². The Balaban J connectivity index is 0. The molecule has 0 heterocycles. The van der Waals surface area contributed by atoms with E-state index in [4.69, 9.17) is 14.2 Å². The summed E-state index contributed by atoms with van der Waals surface area (Å²) in [6, 6.07) is 0. The molecular formula is C30H59O5Zr. The Morgan fingerprint density at radius 1 is 0.583 bits per heavy atom. The number of carboxylic acids is 1. The summed E-state index contributed by atoms with van der Waals surface area (Å²) in [4.78, 5) is 12.4. The van der Waals surface area contributed by atoms with E-state index in [1.807, 2.05) is 0 Å². The van der Waals surface area contributed by atoms with Crippen molar-refractivity contribution in [1.29, 1.82) is 0 Å². The number of ether oxygens (including phenoxy) is 3. The first kappa shape index (κ1) is 38.4. The summed E-state index contributed by atoms with van der Waals surface area (Å²) in [5.74, 6) is -3.12. The molecule has 213 valence electrons. The standard InChI is InChI=1S/C30H60O5.Zr/c1-5-9-13-14-15-16-17-18-19-20-21-22-23-24-28(33-25-10-6-2)30(29(31)32,34-26-11-7-3)35-27-12-8-4;/h28H,5-27H2,1-4H3,(H,31,32);/q;+1/p-1. The van der Waals surface area contributed by atoms with Crippen molar-refractivity contribution < 1.29 is 50.3 Å². The van der Waals surface area contributed by atoms with Gasteiger partial charge in [0.2, 0.25) is 5.79 Å². The molecule has 0 aromatic carbocycles. The molecule has 1 radical (unpaired) electrons. The molecule has 1 unspecified atom stereocenters. The van der Waals surface area contributed by atoms with Crippen LogP contribution >= 0.6 is 0 Å². The average molecular weight is 591 g/mol. The maximum Gasteiger partial charge on any atom is 1.00 e. The van der Waals surface area contributed by atoms with Crippen LogP contribution in [0, 0.1) is 0 Å². The summed E-state index contributed by atoms with van der Waals surface area (Å²) in [6.07, 6.45) is 22.0. The van der Waals surface area contributed by atoms with E-state index < -0.39 is 17.9 Å². The van der Waals surface area contributed by atoms with E-state index in [-0.39, 0.29) is 26.2 Å². The Kier molecular flexibility index (Phi) is 30.1. The van der Waals surface area contributed by atoms with Gasteiger partial charge in [0.1, 0.15) is 12.1 Å². The summed E-state index contributed by atoms with van der Waals surface area (Å²) in [5, 5.41) is 12.4. The second-order valence-corrected chi connectivity index (χ2v) is 10.1. The van der Waals surface area contributed by atoms with Crippen LogP contribution in [0.1, 0.15) is 156 Å². The zero-order valence-electron chi connectivity index (χ0n) is 24.4. The van der Waals surface area contributed by atoms with Crippen LogP contribution in [0.4, 0.5) is 0 Å². The molecule has 1 atom stereocenters. The summed E-state index contributed by atoms with van der Waals surface area (Å²) >= 11 is 0. The minimum atomic E-state index is -1.81. The fraction of sp³-hybridized carbons (Fsp3) is 0.967. The maximum absolute atomic E-state index is 12.4. The zero-order chi connectivity index (χ0) is 26.0. The van der Waals surface area contributed by atoms with Gasteiger partial charge in [-0.25, -0.2) is 0 Å². The van der Waals surface area contributed by atoms with E-state index >= 15 is 0 Å². The van der Waals surface area contributed by atoms with Crippen molar-refractivity contribution in [1.82, 2.24) is 0 Å². The van der Waals surface area contributed by atoms with E-state index in [0.717, 1.165) is 51.4 Å². The number of hydrogen-bond acceptors (Lipinski definition) is 5. The molecule has 0 rings (SSSR count). The van der Waals surface area contributed by atoms with Gasteiger partial charge < -0.3 is 24.1 Å². The van der Waals surface area contributed by atoms with Crippen LogP contribution in [0.5, 0.6) is 0 Å². The van der Waals surface area contributed by atoms with Crippen LogP contribution in [0.3, 0.4) is 0 Å². The van der Waals surface area contributed by atoms with E-state index in [0.29, 0.717) is 26.2 Å². The van der Waals surface area contributed by atoms with Gasteiger partial charge in [0.05, 0.1) is 13.2 Å². The quantitative estimate of drug-likeness (QED) is 0.0689. The molecule has 0 N–H and O–H groups in total. The minimum Gasteiger partial charge on any atom is -0.544 e.